The van der Waals surface area contributed by atoms with Gasteiger partial charge in [0.15, 0.2) is 0 Å². The molecule has 1 nitrogen and oxygen atoms in total. The SMILES string of the molecule is BC(C)(O)C1CCC2(CCC2)C1. The second kappa shape index (κ2) is 2.51. The van der Waals surface area contributed by atoms with Crippen molar-refractivity contribution in [2.75, 3.05) is 0 Å². The molecule has 0 aromatic carbocycles. The van der Waals surface area contributed by atoms with Crippen LogP contribution in [0.2, 0.25) is 0 Å². The molecule has 0 radical (unpaired) electrons. The van der Waals surface area contributed by atoms with Gasteiger partial charge in [-0.2, -0.15) is 0 Å². The molecule has 1 N–H and O–H groups in total. The molecule has 2 fully saturated rings. The summed E-state index contributed by atoms with van der Waals surface area (Å²) < 4.78 is 0. The summed E-state index contributed by atoms with van der Waals surface area (Å²) in [6.45, 7) is 1.97. The smallest absolute Gasteiger partial charge is 0.142 e. The lowest BCUT2D eigenvalue weighted by molar-refractivity contribution is 0.0616. The number of hydrogen-bond donors (Lipinski definition) is 1. The fourth-order valence-electron chi connectivity index (χ4n) is 2.94. The minimum atomic E-state index is -0.431. The van der Waals surface area contributed by atoms with Crippen molar-refractivity contribution in [3.05, 3.63) is 0 Å². The van der Waals surface area contributed by atoms with Crippen LogP contribution >= 0.6 is 0 Å². The number of aliphatic hydroxyl groups is 1. The highest BCUT2D eigenvalue weighted by atomic mass is 16.3. The quantitative estimate of drug-likeness (QED) is 0.582. The van der Waals surface area contributed by atoms with Crippen molar-refractivity contribution < 1.29 is 5.11 Å². The van der Waals surface area contributed by atoms with Crippen molar-refractivity contribution in [2.24, 2.45) is 11.3 Å². The normalized spacial score (nSPS) is 37.7. The summed E-state index contributed by atoms with van der Waals surface area (Å²) in [6.07, 6.45) is 8.21. The number of hydrogen-bond acceptors (Lipinski definition) is 1. The van der Waals surface area contributed by atoms with Crippen LogP contribution in [0.1, 0.15) is 45.4 Å². The van der Waals surface area contributed by atoms with Crippen LogP contribution in [0.25, 0.3) is 0 Å². The fourth-order valence-corrected chi connectivity index (χ4v) is 2.94. The second-order valence-corrected chi connectivity index (χ2v) is 5.45. The maximum absolute atomic E-state index is 9.87. The minimum Gasteiger partial charge on any atom is -0.399 e. The summed E-state index contributed by atoms with van der Waals surface area (Å²) in [7, 11) is 1.97. The van der Waals surface area contributed by atoms with Crippen LogP contribution in [-0.2, 0) is 0 Å². The van der Waals surface area contributed by atoms with Crippen molar-refractivity contribution in [3.8, 4) is 0 Å². The largest absolute Gasteiger partial charge is 0.399 e. The van der Waals surface area contributed by atoms with Crippen molar-refractivity contribution in [2.45, 2.75) is 50.9 Å². The van der Waals surface area contributed by atoms with E-state index in [0.29, 0.717) is 11.3 Å². The lowest BCUT2D eigenvalue weighted by Gasteiger charge is -2.39. The van der Waals surface area contributed by atoms with Crippen molar-refractivity contribution in [1.82, 2.24) is 0 Å². The molecule has 0 saturated heterocycles. The van der Waals surface area contributed by atoms with E-state index < -0.39 is 5.50 Å². The summed E-state index contributed by atoms with van der Waals surface area (Å²) in [4.78, 5) is 0. The molecular formula is C10H19BO. The Morgan fingerprint density at radius 3 is 2.33 bits per heavy atom. The third-order valence-electron chi connectivity index (χ3n) is 4.12. The third-order valence-corrected chi connectivity index (χ3v) is 4.12. The van der Waals surface area contributed by atoms with E-state index in [9.17, 15) is 5.11 Å². The van der Waals surface area contributed by atoms with Crippen molar-refractivity contribution in [3.63, 3.8) is 0 Å². The van der Waals surface area contributed by atoms with Crippen LogP contribution in [-0.4, -0.2) is 18.5 Å². The van der Waals surface area contributed by atoms with E-state index >= 15 is 0 Å². The standard InChI is InChI=1S/C10H19BO/c1-9(11,12)8-3-6-10(7-8)4-2-5-10/h8,12H,2-7,11H2,1H3. The topological polar surface area (TPSA) is 20.2 Å². The zero-order valence-electron chi connectivity index (χ0n) is 8.27. The highest BCUT2D eigenvalue weighted by Gasteiger charge is 2.46. The molecule has 2 saturated carbocycles. The summed E-state index contributed by atoms with van der Waals surface area (Å²) in [5, 5.41) is 9.87. The van der Waals surface area contributed by atoms with Gasteiger partial charge in [-0.1, -0.05) is 6.42 Å². The first-order valence-corrected chi connectivity index (χ1v) is 5.24. The van der Waals surface area contributed by atoms with Gasteiger partial charge in [0, 0.05) is 5.50 Å². The maximum atomic E-state index is 9.87. The Bertz CT molecular complexity index is 179. The Morgan fingerprint density at radius 1 is 1.42 bits per heavy atom. The summed E-state index contributed by atoms with van der Waals surface area (Å²) in [6, 6.07) is 0. The van der Waals surface area contributed by atoms with Crippen molar-refractivity contribution >= 4 is 7.85 Å². The zero-order valence-corrected chi connectivity index (χ0v) is 8.27. The van der Waals surface area contributed by atoms with Gasteiger partial charge in [0.05, 0.1) is 0 Å². The molecule has 0 aromatic rings. The Kier molecular flexibility index (Phi) is 1.80. The van der Waals surface area contributed by atoms with E-state index in [2.05, 4.69) is 0 Å². The molecule has 0 aromatic heterocycles. The van der Waals surface area contributed by atoms with Crippen LogP contribution in [0.4, 0.5) is 0 Å². The van der Waals surface area contributed by atoms with Gasteiger partial charge in [0.25, 0.3) is 0 Å². The molecule has 2 atom stereocenters. The van der Waals surface area contributed by atoms with Gasteiger partial charge in [0.2, 0.25) is 0 Å². The highest BCUT2D eigenvalue weighted by molar-refractivity contribution is 6.14. The molecule has 68 valence electrons. The molecule has 0 aliphatic heterocycles. The second-order valence-electron chi connectivity index (χ2n) is 5.45. The maximum Gasteiger partial charge on any atom is 0.142 e. The highest BCUT2D eigenvalue weighted by Crippen LogP contribution is 2.56. The van der Waals surface area contributed by atoms with E-state index in [0.717, 1.165) is 0 Å². The molecule has 1 spiro atoms. The molecule has 0 heterocycles. The zero-order chi connectivity index (χ0) is 8.82. The van der Waals surface area contributed by atoms with Crippen LogP contribution in [0, 0.1) is 11.3 Å². The van der Waals surface area contributed by atoms with Crippen LogP contribution in [0.15, 0.2) is 0 Å². The molecule has 2 aliphatic rings. The van der Waals surface area contributed by atoms with Gasteiger partial charge in [-0.15, -0.1) is 0 Å². The molecule has 2 aliphatic carbocycles. The van der Waals surface area contributed by atoms with Crippen LogP contribution < -0.4 is 0 Å². The average molecular weight is 166 g/mol. The van der Waals surface area contributed by atoms with Gasteiger partial charge >= 0.3 is 0 Å². The first-order valence-electron chi connectivity index (χ1n) is 5.24. The third kappa shape index (κ3) is 1.30. The Labute approximate surface area is 76.0 Å². The molecule has 12 heavy (non-hydrogen) atoms. The number of rotatable bonds is 1. The molecule has 2 heteroatoms. The van der Waals surface area contributed by atoms with E-state index in [1.165, 1.54) is 38.5 Å². The summed E-state index contributed by atoms with van der Waals surface area (Å²) in [5.74, 6) is 0.567. The van der Waals surface area contributed by atoms with Gasteiger partial charge < -0.3 is 5.11 Å². The first-order chi connectivity index (χ1) is 5.52. The van der Waals surface area contributed by atoms with Gasteiger partial charge in [-0.25, -0.2) is 0 Å². The Morgan fingerprint density at radius 2 is 2.08 bits per heavy atom. The van der Waals surface area contributed by atoms with E-state index in [1.54, 1.807) is 0 Å². The molecular weight excluding hydrogens is 147 g/mol. The first kappa shape index (κ1) is 8.62. The lowest BCUT2D eigenvalue weighted by atomic mass is 9.64. The van der Waals surface area contributed by atoms with E-state index in [-0.39, 0.29) is 0 Å². The predicted molar refractivity (Wildman–Crippen MR) is 52.8 cm³/mol. The van der Waals surface area contributed by atoms with Gasteiger partial charge in [0.1, 0.15) is 7.85 Å². The van der Waals surface area contributed by atoms with Gasteiger partial charge in [-0.05, 0) is 50.4 Å². The monoisotopic (exact) mass is 166 g/mol. The average Bonchev–Trinajstić information content (AvgIpc) is 2.26. The summed E-state index contributed by atoms with van der Waals surface area (Å²) >= 11 is 0. The molecule has 0 bridgehead atoms. The molecule has 0 amide bonds. The van der Waals surface area contributed by atoms with E-state index in [1.807, 2.05) is 14.8 Å². The fraction of sp³-hybridized carbons (Fsp3) is 1.00. The van der Waals surface area contributed by atoms with Crippen LogP contribution in [0.5, 0.6) is 0 Å². The van der Waals surface area contributed by atoms with E-state index in [4.69, 9.17) is 0 Å². The van der Waals surface area contributed by atoms with Crippen molar-refractivity contribution in [1.29, 1.82) is 0 Å². The minimum absolute atomic E-state index is 0.431. The predicted octanol–water partition coefficient (Wildman–Crippen LogP) is 1.30. The summed E-state index contributed by atoms with van der Waals surface area (Å²) in [5.41, 5.74) is 0.254. The Balaban J connectivity index is 1.98. The lowest BCUT2D eigenvalue weighted by Crippen LogP contribution is -2.35. The van der Waals surface area contributed by atoms with Crippen LogP contribution in [0.3, 0.4) is 0 Å². The molecule has 2 unspecified atom stereocenters. The van der Waals surface area contributed by atoms with Gasteiger partial charge in [-0.3, -0.25) is 0 Å². The molecule has 2 rings (SSSR count). The Hall–Kier alpha value is 0.0249.